The van der Waals surface area contributed by atoms with E-state index in [2.05, 4.69) is 26.9 Å². The summed E-state index contributed by atoms with van der Waals surface area (Å²) < 4.78 is 0. The van der Waals surface area contributed by atoms with E-state index in [0.717, 1.165) is 61.8 Å². The molecule has 2 heterocycles. The van der Waals surface area contributed by atoms with Crippen LogP contribution in [-0.4, -0.2) is 54.5 Å². The van der Waals surface area contributed by atoms with Crippen LogP contribution in [0.1, 0.15) is 38.1 Å². The molecule has 23 heavy (non-hydrogen) atoms. The van der Waals surface area contributed by atoms with Crippen LogP contribution in [-0.2, 0) is 16.8 Å². The van der Waals surface area contributed by atoms with Gasteiger partial charge in [-0.25, -0.2) is 4.98 Å². The molecule has 1 aliphatic heterocycles. The molecule has 2 bridgehead atoms. The van der Waals surface area contributed by atoms with E-state index in [1.807, 2.05) is 32.0 Å². The fraction of sp³-hybridized carbons (Fsp3) is 0.562. The first-order valence-corrected chi connectivity index (χ1v) is 7.35. The summed E-state index contributed by atoms with van der Waals surface area (Å²) >= 11 is 0. The number of nitrogens with zero attached hydrogens (tertiary/aromatic N) is 4. The maximum absolute atomic E-state index is 4.67. The standard InChI is InChI=1S/C16H24N4.2BrH.Co/c1-13-15-7-4-8-16(19-15)14(2)18-10-6-12-20(3)11-5-9-17-13;;;/h4,7-8H,5-6,9-12H2,1-3H3;2*1H;/q;;;+2/p-2. The van der Waals surface area contributed by atoms with Crippen LogP contribution in [0.3, 0.4) is 0 Å². The molecule has 2 rings (SSSR count). The summed E-state index contributed by atoms with van der Waals surface area (Å²) in [5, 5.41) is 0. The molecule has 0 fully saturated rings. The van der Waals surface area contributed by atoms with Gasteiger partial charge in [-0.2, -0.15) is 0 Å². The van der Waals surface area contributed by atoms with Gasteiger partial charge in [0, 0.05) is 13.1 Å². The van der Waals surface area contributed by atoms with Gasteiger partial charge in [-0.15, -0.1) is 0 Å². The zero-order chi connectivity index (χ0) is 14.4. The van der Waals surface area contributed by atoms with Crippen molar-refractivity contribution in [3.63, 3.8) is 0 Å². The average molecular weight is 491 g/mol. The Kier molecular flexibility index (Phi) is 14.5. The van der Waals surface area contributed by atoms with Crippen molar-refractivity contribution >= 4 is 11.4 Å². The molecule has 0 N–H and O–H groups in total. The number of aliphatic imine (C=N–C) groups is 2. The van der Waals surface area contributed by atoms with Crippen LogP contribution in [0.15, 0.2) is 28.2 Å². The van der Waals surface area contributed by atoms with Gasteiger partial charge >= 0.3 is 16.8 Å². The van der Waals surface area contributed by atoms with E-state index < -0.39 is 0 Å². The summed E-state index contributed by atoms with van der Waals surface area (Å²) in [6.45, 7) is 7.99. The van der Waals surface area contributed by atoms with Gasteiger partial charge in [-0.1, -0.05) is 6.07 Å². The smallest absolute Gasteiger partial charge is 1.00 e. The monoisotopic (exact) mass is 489 g/mol. The summed E-state index contributed by atoms with van der Waals surface area (Å²) in [4.78, 5) is 16.3. The van der Waals surface area contributed by atoms with E-state index in [1.165, 1.54) is 0 Å². The van der Waals surface area contributed by atoms with Crippen LogP contribution in [0.5, 0.6) is 0 Å². The molecule has 0 amide bonds. The topological polar surface area (TPSA) is 40.9 Å². The van der Waals surface area contributed by atoms with E-state index >= 15 is 0 Å². The van der Waals surface area contributed by atoms with Gasteiger partial charge in [0.1, 0.15) is 0 Å². The molecule has 0 aromatic carbocycles. The summed E-state index contributed by atoms with van der Waals surface area (Å²) in [5.41, 5.74) is 3.95. The molecule has 1 aliphatic rings. The number of hydrogen-bond acceptors (Lipinski definition) is 4. The molecule has 0 unspecified atom stereocenters. The van der Waals surface area contributed by atoms with Crippen molar-refractivity contribution in [3.05, 3.63) is 29.6 Å². The number of halogens is 2. The normalized spacial score (nSPS) is 16.5. The molecular weight excluding hydrogens is 467 g/mol. The van der Waals surface area contributed by atoms with Crippen LogP contribution in [0.25, 0.3) is 0 Å². The minimum atomic E-state index is 0. The molecule has 7 heteroatoms. The Bertz CT molecular complexity index is 479. The van der Waals surface area contributed by atoms with E-state index in [4.69, 9.17) is 0 Å². The van der Waals surface area contributed by atoms with E-state index in [9.17, 15) is 0 Å². The first-order chi connectivity index (χ1) is 9.66. The van der Waals surface area contributed by atoms with E-state index in [0.29, 0.717) is 0 Å². The zero-order valence-electron chi connectivity index (χ0n) is 13.9. The molecule has 131 valence electrons. The molecule has 4 nitrogen and oxygen atoms in total. The van der Waals surface area contributed by atoms with Crippen molar-refractivity contribution in [1.29, 1.82) is 0 Å². The van der Waals surface area contributed by atoms with Crippen LogP contribution in [0, 0.1) is 0 Å². The summed E-state index contributed by atoms with van der Waals surface area (Å²) in [6, 6.07) is 6.08. The first-order valence-electron chi connectivity index (χ1n) is 7.35. The van der Waals surface area contributed by atoms with Crippen LogP contribution >= 0.6 is 0 Å². The zero-order valence-corrected chi connectivity index (χ0v) is 18.1. The Hall–Kier alpha value is -0.0835. The number of aromatic nitrogens is 1. The molecule has 0 spiro atoms. The second kappa shape index (κ2) is 13.2. The van der Waals surface area contributed by atoms with Gasteiger partial charge in [0.15, 0.2) is 0 Å². The third-order valence-corrected chi connectivity index (χ3v) is 3.58. The Balaban J connectivity index is 0. The average Bonchev–Trinajstić information content (AvgIpc) is 2.47. The molecule has 0 saturated carbocycles. The number of pyridine rings is 1. The molecule has 0 saturated heterocycles. The van der Waals surface area contributed by atoms with Crippen molar-refractivity contribution in [1.82, 2.24) is 9.88 Å². The quantitative estimate of drug-likeness (QED) is 0.377. The first kappa shape index (κ1) is 25.2. The van der Waals surface area contributed by atoms with Gasteiger partial charge in [0.2, 0.25) is 0 Å². The van der Waals surface area contributed by atoms with Crippen molar-refractivity contribution in [2.24, 2.45) is 9.98 Å². The van der Waals surface area contributed by atoms with Gasteiger partial charge in [-0.05, 0) is 59.0 Å². The maximum Gasteiger partial charge on any atom is 2.00 e. The minimum Gasteiger partial charge on any atom is -1.00 e. The van der Waals surface area contributed by atoms with Crippen LogP contribution in [0.2, 0.25) is 0 Å². The number of fused-ring (bicyclic) bond motifs is 2. The minimum absolute atomic E-state index is 0. The molecule has 1 aromatic rings. The fourth-order valence-corrected chi connectivity index (χ4v) is 2.29. The van der Waals surface area contributed by atoms with Crippen molar-refractivity contribution < 1.29 is 50.7 Å². The molecule has 0 atom stereocenters. The third-order valence-electron chi connectivity index (χ3n) is 3.58. The summed E-state index contributed by atoms with van der Waals surface area (Å²) in [7, 11) is 2.17. The summed E-state index contributed by atoms with van der Waals surface area (Å²) in [5.74, 6) is 0. The maximum atomic E-state index is 4.67. The van der Waals surface area contributed by atoms with E-state index in [-0.39, 0.29) is 50.7 Å². The second-order valence-corrected chi connectivity index (χ2v) is 5.35. The Labute approximate surface area is 171 Å². The Morgan fingerprint density at radius 3 is 1.74 bits per heavy atom. The predicted molar refractivity (Wildman–Crippen MR) is 85.1 cm³/mol. The van der Waals surface area contributed by atoms with Gasteiger partial charge < -0.3 is 38.9 Å². The molecular formula is C16H24Br2CoN4. The molecule has 0 aliphatic carbocycles. The van der Waals surface area contributed by atoms with Gasteiger partial charge in [-0.3, -0.25) is 9.98 Å². The fourth-order valence-electron chi connectivity index (χ4n) is 2.29. The predicted octanol–water partition coefficient (Wildman–Crippen LogP) is -3.57. The number of hydrogen-bond donors (Lipinski definition) is 0. The van der Waals surface area contributed by atoms with E-state index in [1.54, 1.807) is 0 Å². The Morgan fingerprint density at radius 2 is 1.30 bits per heavy atom. The molecule has 1 radical (unpaired) electrons. The van der Waals surface area contributed by atoms with Crippen molar-refractivity contribution in [2.75, 3.05) is 33.2 Å². The number of rotatable bonds is 0. The van der Waals surface area contributed by atoms with Gasteiger partial charge in [0.05, 0.1) is 22.8 Å². The summed E-state index contributed by atoms with van der Waals surface area (Å²) in [6.07, 6.45) is 2.19. The largest absolute Gasteiger partial charge is 2.00 e. The van der Waals surface area contributed by atoms with Crippen molar-refractivity contribution in [3.8, 4) is 0 Å². The molecule has 1 aromatic heterocycles. The van der Waals surface area contributed by atoms with Crippen LogP contribution < -0.4 is 34.0 Å². The SMILES string of the molecule is CC1=NCCCN(C)CCCN=C(C)c2cccc1n2.[Br-].[Br-].[Co+2]. The third kappa shape index (κ3) is 8.53. The van der Waals surface area contributed by atoms with Gasteiger partial charge in [0.25, 0.3) is 0 Å². The Morgan fingerprint density at radius 1 is 0.870 bits per heavy atom. The van der Waals surface area contributed by atoms with Crippen molar-refractivity contribution in [2.45, 2.75) is 26.7 Å². The second-order valence-electron chi connectivity index (χ2n) is 5.35. The van der Waals surface area contributed by atoms with Crippen LogP contribution in [0.4, 0.5) is 0 Å².